The molecule has 0 atom stereocenters. The second-order valence-electron chi connectivity index (χ2n) is 6.36. The van der Waals surface area contributed by atoms with E-state index < -0.39 is 11.7 Å². The summed E-state index contributed by atoms with van der Waals surface area (Å²) >= 11 is 0. The van der Waals surface area contributed by atoms with Crippen molar-refractivity contribution in [2.75, 3.05) is 13.6 Å². The molecule has 0 aliphatic heterocycles. The van der Waals surface area contributed by atoms with Crippen LogP contribution in [-0.4, -0.2) is 18.5 Å². The molecule has 3 aromatic rings. The first kappa shape index (κ1) is 18.2. The lowest BCUT2D eigenvalue weighted by molar-refractivity contribution is -0.137. The van der Waals surface area contributed by atoms with Gasteiger partial charge in [0.25, 0.3) is 0 Å². The quantitative estimate of drug-likeness (QED) is 0.542. The summed E-state index contributed by atoms with van der Waals surface area (Å²) in [6, 6.07) is 19.8. The number of hydrogen-bond acceptors (Lipinski definition) is 1. The average Bonchev–Trinajstić information content (AvgIpc) is 2.62. The number of rotatable bonds is 5. The normalized spacial score (nSPS) is 12.3. The van der Waals surface area contributed by atoms with E-state index in [0.717, 1.165) is 24.2 Å². The Balaban J connectivity index is 1.61. The minimum Gasteiger partial charge on any atom is -0.298 e. The van der Waals surface area contributed by atoms with Crippen molar-refractivity contribution in [3.63, 3.8) is 0 Å². The fourth-order valence-electron chi connectivity index (χ4n) is 2.94. The average molecular weight is 355 g/mol. The number of nitrogens with zero attached hydrogens (tertiary/aromatic N) is 1. The molecule has 0 spiro atoms. The van der Waals surface area contributed by atoms with Crippen molar-refractivity contribution in [1.29, 1.82) is 0 Å². The third kappa shape index (κ3) is 4.52. The predicted molar refractivity (Wildman–Crippen MR) is 101 cm³/mol. The number of fused-ring (bicyclic) bond motifs is 1. The molecule has 0 fully saturated rings. The summed E-state index contributed by atoms with van der Waals surface area (Å²) < 4.78 is 37.7. The summed E-state index contributed by atoms with van der Waals surface area (Å²) in [5.74, 6) is 0. The lowest BCUT2D eigenvalue weighted by Gasteiger charge is -2.16. The fourth-order valence-corrected chi connectivity index (χ4v) is 2.94. The second-order valence-corrected chi connectivity index (χ2v) is 6.36. The molecular weight excluding hydrogens is 335 g/mol. The van der Waals surface area contributed by atoms with Gasteiger partial charge in [0.15, 0.2) is 0 Å². The van der Waals surface area contributed by atoms with Crippen LogP contribution >= 0.6 is 0 Å². The molecule has 134 valence electrons. The fraction of sp³-hybridized carbons (Fsp3) is 0.182. The Hall–Kier alpha value is -2.59. The molecule has 3 rings (SSSR count). The molecule has 0 N–H and O–H groups in total. The van der Waals surface area contributed by atoms with Crippen molar-refractivity contribution >= 4 is 16.8 Å². The van der Waals surface area contributed by atoms with Crippen molar-refractivity contribution in [1.82, 2.24) is 4.90 Å². The van der Waals surface area contributed by atoms with Crippen LogP contribution in [0.1, 0.15) is 16.7 Å². The summed E-state index contributed by atoms with van der Waals surface area (Å²) in [5, 5.41) is 2.47. The Kier molecular flexibility index (Phi) is 5.43. The maximum absolute atomic E-state index is 12.6. The third-order valence-corrected chi connectivity index (χ3v) is 4.29. The predicted octanol–water partition coefficient (Wildman–Crippen LogP) is 6.00. The van der Waals surface area contributed by atoms with Gasteiger partial charge < -0.3 is 0 Å². The van der Waals surface area contributed by atoms with E-state index in [4.69, 9.17) is 0 Å². The van der Waals surface area contributed by atoms with Crippen molar-refractivity contribution in [3.05, 3.63) is 89.5 Å². The molecule has 0 radical (unpaired) electrons. The lowest BCUT2D eigenvalue weighted by atomic mass is 10.0. The maximum Gasteiger partial charge on any atom is 0.416 e. The zero-order valence-corrected chi connectivity index (χ0v) is 14.5. The summed E-state index contributed by atoms with van der Waals surface area (Å²) in [4.78, 5) is 2.17. The minimum atomic E-state index is -4.29. The van der Waals surface area contributed by atoms with E-state index in [0.29, 0.717) is 6.54 Å². The van der Waals surface area contributed by atoms with Crippen molar-refractivity contribution in [2.24, 2.45) is 0 Å². The Morgan fingerprint density at radius 1 is 0.885 bits per heavy atom. The monoisotopic (exact) mass is 355 g/mol. The molecule has 4 heteroatoms. The van der Waals surface area contributed by atoms with Gasteiger partial charge in [0.1, 0.15) is 0 Å². The van der Waals surface area contributed by atoms with E-state index in [9.17, 15) is 13.2 Å². The van der Waals surface area contributed by atoms with Crippen LogP contribution in [0.4, 0.5) is 13.2 Å². The van der Waals surface area contributed by atoms with Crippen LogP contribution in [-0.2, 0) is 12.7 Å². The first-order valence-corrected chi connectivity index (χ1v) is 8.42. The minimum absolute atomic E-state index is 0.622. The van der Waals surface area contributed by atoms with Gasteiger partial charge in [-0.2, -0.15) is 13.2 Å². The van der Waals surface area contributed by atoms with Gasteiger partial charge >= 0.3 is 6.18 Å². The van der Waals surface area contributed by atoms with Crippen molar-refractivity contribution in [3.8, 4) is 0 Å². The zero-order chi connectivity index (χ0) is 18.6. The first-order chi connectivity index (χ1) is 12.4. The summed E-state index contributed by atoms with van der Waals surface area (Å²) in [5.41, 5.74) is 1.40. The standard InChI is InChI=1S/C22H20F3N/c1-26(16-19-9-4-8-18-7-2-3-10-21(18)19)15-5-6-17-11-13-20(14-12-17)22(23,24)25/h2-14H,15-16H2,1H3/b6-5+. The van der Waals surface area contributed by atoms with E-state index in [1.807, 2.05) is 31.3 Å². The van der Waals surface area contributed by atoms with Crippen molar-refractivity contribution < 1.29 is 13.2 Å². The Labute approximate surface area is 151 Å². The number of hydrogen-bond donors (Lipinski definition) is 0. The van der Waals surface area contributed by atoms with Crippen molar-refractivity contribution in [2.45, 2.75) is 12.7 Å². The Morgan fingerprint density at radius 2 is 1.58 bits per heavy atom. The molecule has 0 aliphatic rings. The van der Waals surface area contributed by atoms with Crippen LogP contribution in [0.15, 0.2) is 72.8 Å². The highest BCUT2D eigenvalue weighted by molar-refractivity contribution is 5.85. The molecule has 1 nitrogen and oxygen atoms in total. The second kappa shape index (κ2) is 7.75. The molecule has 0 amide bonds. The molecule has 0 saturated carbocycles. The van der Waals surface area contributed by atoms with Gasteiger partial charge in [0.05, 0.1) is 5.56 Å². The zero-order valence-electron chi connectivity index (χ0n) is 14.5. The van der Waals surface area contributed by atoms with E-state index in [1.165, 1.54) is 28.5 Å². The van der Waals surface area contributed by atoms with E-state index in [1.54, 1.807) is 0 Å². The van der Waals surface area contributed by atoms with Crippen LogP contribution in [0.25, 0.3) is 16.8 Å². The maximum atomic E-state index is 12.6. The Bertz CT molecular complexity index is 890. The number of likely N-dealkylation sites (N-methyl/N-ethyl adjacent to an activating group) is 1. The van der Waals surface area contributed by atoms with E-state index in [-0.39, 0.29) is 0 Å². The highest BCUT2D eigenvalue weighted by Crippen LogP contribution is 2.29. The molecular formula is C22H20F3N. The molecule has 0 heterocycles. The molecule has 0 bridgehead atoms. The van der Waals surface area contributed by atoms with Gasteiger partial charge in [-0.15, -0.1) is 0 Å². The molecule has 0 aromatic heterocycles. The van der Waals surface area contributed by atoms with Gasteiger partial charge in [-0.05, 0) is 41.1 Å². The highest BCUT2D eigenvalue weighted by atomic mass is 19.4. The topological polar surface area (TPSA) is 3.24 Å². The summed E-state index contributed by atoms with van der Waals surface area (Å²) in [7, 11) is 2.03. The van der Waals surface area contributed by atoms with Gasteiger partial charge in [0, 0.05) is 13.1 Å². The van der Waals surface area contributed by atoms with Gasteiger partial charge in [-0.3, -0.25) is 4.90 Å². The molecule has 0 aliphatic carbocycles. The van der Waals surface area contributed by atoms with Crippen LogP contribution in [0, 0.1) is 0 Å². The number of alkyl halides is 3. The molecule has 26 heavy (non-hydrogen) atoms. The number of benzene rings is 3. The SMILES string of the molecule is CN(C/C=C/c1ccc(C(F)(F)F)cc1)Cc1cccc2ccccc12. The Morgan fingerprint density at radius 3 is 2.31 bits per heavy atom. The van der Waals surface area contributed by atoms with Crippen LogP contribution < -0.4 is 0 Å². The number of halogens is 3. The molecule has 0 saturated heterocycles. The van der Waals surface area contributed by atoms with E-state index >= 15 is 0 Å². The highest BCUT2D eigenvalue weighted by Gasteiger charge is 2.29. The first-order valence-electron chi connectivity index (χ1n) is 8.42. The lowest BCUT2D eigenvalue weighted by Crippen LogP contribution is -2.17. The third-order valence-electron chi connectivity index (χ3n) is 4.29. The van der Waals surface area contributed by atoms with E-state index in [2.05, 4.69) is 35.2 Å². The molecule has 0 unspecified atom stereocenters. The van der Waals surface area contributed by atoms with Crippen LogP contribution in [0.2, 0.25) is 0 Å². The van der Waals surface area contributed by atoms with Gasteiger partial charge in [-0.1, -0.05) is 66.7 Å². The van der Waals surface area contributed by atoms with Crippen LogP contribution in [0.3, 0.4) is 0 Å². The summed E-state index contributed by atoms with van der Waals surface area (Å²) in [6.45, 7) is 1.52. The van der Waals surface area contributed by atoms with Crippen LogP contribution in [0.5, 0.6) is 0 Å². The van der Waals surface area contributed by atoms with Gasteiger partial charge in [0.2, 0.25) is 0 Å². The smallest absolute Gasteiger partial charge is 0.298 e. The van der Waals surface area contributed by atoms with Gasteiger partial charge in [-0.25, -0.2) is 0 Å². The largest absolute Gasteiger partial charge is 0.416 e. The summed E-state index contributed by atoms with van der Waals surface area (Å²) in [6.07, 6.45) is -0.478. The molecule has 3 aromatic carbocycles.